The van der Waals surface area contributed by atoms with E-state index in [9.17, 15) is 4.79 Å². The zero-order valence-corrected chi connectivity index (χ0v) is 38.7. The molecule has 3 aromatic carbocycles. The summed E-state index contributed by atoms with van der Waals surface area (Å²) in [5.74, 6) is 0.0377. The number of carbonyl (C=O) groups is 1. The second-order valence-electron chi connectivity index (χ2n) is 19.8. The molecule has 0 spiro atoms. The molecule has 1 saturated carbocycles. The van der Waals surface area contributed by atoms with Crippen molar-refractivity contribution in [1.82, 2.24) is 48.3 Å². The number of aromatic amines is 1. The molecule has 1 aliphatic carbocycles. The minimum atomic E-state index is -2.53. The Morgan fingerprint density at radius 3 is 2.46 bits per heavy atom. The van der Waals surface area contributed by atoms with E-state index in [0.717, 1.165) is 34.0 Å². The molecule has 4 aliphatic rings. The highest BCUT2D eigenvalue weighted by Gasteiger charge is 2.59. The van der Waals surface area contributed by atoms with E-state index in [1.54, 1.807) is 60.1 Å². The summed E-state index contributed by atoms with van der Waals surface area (Å²) in [7, 11) is 0. The summed E-state index contributed by atoms with van der Waals surface area (Å²) in [6, 6.07) is 14.4. The fraction of sp³-hybridized carbons (Fsp3) is 0.412. The molecule has 3 aliphatic heterocycles. The number of H-pyrrole nitrogens is 1. The highest BCUT2D eigenvalue weighted by Crippen LogP contribution is 2.56. The molecule has 5 aromatic heterocycles. The lowest BCUT2D eigenvalue weighted by Gasteiger charge is -2.35. The van der Waals surface area contributed by atoms with Crippen molar-refractivity contribution in [3.8, 4) is 22.9 Å². The molecule has 16 nitrogen and oxygen atoms in total. The molecule has 350 valence electrons. The Morgan fingerprint density at radius 1 is 0.941 bits per heavy atom. The molecule has 0 bridgehead atoms. The van der Waals surface area contributed by atoms with E-state index in [1.165, 1.54) is 9.13 Å². The predicted molar refractivity (Wildman–Crippen MR) is 251 cm³/mol. The standard InChI is InChI=1S/C51H53FN10O6/c1-27-21-34(22-28(2)43(27)52)62-45(60-18-17-59(49(60)65)39-13-12-38-42-35(54-57(38)7)9-8-19-66-44(39)42)41-30(4)58(16-14-36(41)55-62)46(63)40-24-33-23-31(32-15-20-67-50(5,6)26-32)10-11-37(33)61(40)51(25-29(51)3)47-53-48(64)68-56-47/h10-13,17-18,21-24,29-30,32H,8-9,14-16,19-20,25-26H2,1-7H3,(H,53,56,64)/t29-,30-,32-,51-/m0/s1/i7D3. The van der Waals surface area contributed by atoms with Gasteiger partial charge >= 0.3 is 11.4 Å². The summed E-state index contributed by atoms with van der Waals surface area (Å²) in [5, 5.41) is 15.2. The van der Waals surface area contributed by atoms with Crippen LogP contribution in [0.3, 0.4) is 0 Å². The third-order valence-electron chi connectivity index (χ3n) is 15.0. The lowest BCUT2D eigenvalue weighted by Crippen LogP contribution is -2.41. The van der Waals surface area contributed by atoms with Crippen LogP contribution in [-0.2, 0) is 30.1 Å². The van der Waals surface area contributed by atoms with Gasteiger partial charge in [0.25, 0.3) is 5.91 Å². The fourth-order valence-electron chi connectivity index (χ4n) is 11.6. The maximum atomic E-state index is 15.7. The van der Waals surface area contributed by atoms with Crippen molar-refractivity contribution in [2.45, 2.75) is 103 Å². The van der Waals surface area contributed by atoms with Crippen molar-refractivity contribution < 1.29 is 27.3 Å². The molecule has 1 N–H and O–H groups in total. The van der Waals surface area contributed by atoms with Gasteiger partial charge < -0.3 is 18.9 Å². The third kappa shape index (κ3) is 6.26. The maximum absolute atomic E-state index is 15.7. The van der Waals surface area contributed by atoms with Gasteiger partial charge in [0.15, 0.2) is 11.6 Å². The third-order valence-corrected chi connectivity index (χ3v) is 15.0. The van der Waals surface area contributed by atoms with Gasteiger partial charge in [-0.3, -0.25) is 28.1 Å². The lowest BCUT2D eigenvalue weighted by molar-refractivity contribution is -0.0592. The number of imidazole rings is 1. The number of fused-ring (bicyclic) bond motifs is 2. The van der Waals surface area contributed by atoms with Crippen molar-refractivity contribution in [3.05, 3.63) is 133 Å². The summed E-state index contributed by atoms with van der Waals surface area (Å²) < 4.78 is 64.9. The van der Waals surface area contributed by atoms with Gasteiger partial charge in [0.1, 0.15) is 22.9 Å². The monoisotopic (exact) mass is 923 g/mol. The Hall–Kier alpha value is -7.01. The highest BCUT2D eigenvalue weighted by molar-refractivity contribution is 6.00. The molecule has 68 heavy (non-hydrogen) atoms. The SMILES string of the molecule is [2H]C([2H])([2H])n1nc2c3c(c(-n4ccn(-c5c6c(nn5-c5cc(C)c(F)c(C)c5)CCN(C(=O)c5cc7cc([C@H]8CCOC(C)(C)C8)ccc7n5[C@@]5(c7noc(=O)[nH]7)C[C@@H]5C)[C@H]6C)c4=O)ccc31)OCCC2. The molecule has 0 unspecified atom stereocenters. The fourth-order valence-corrected chi connectivity index (χ4v) is 11.6. The summed E-state index contributed by atoms with van der Waals surface area (Å²) in [6.07, 6.45) is 7.03. The summed E-state index contributed by atoms with van der Waals surface area (Å²) in [4.78, 5) is 48.0. The molecule has 1 saturated heterocycles. The minimum absolute atomic E-state index is 0.00975. The quantitative estimate of drug-likeness (QED) is 0.169. The second kappa shape index (κ2) is 15.0. The molecule has 0 radical (unpaired) electrons. The number of rotatable bonds is 7. The van der Waals surface area contributed by atoms with Gasteiger partial charge in [-0.15, -0.1) is 0 Å². The first-order valence-electron chi connectivity index (χ1n) is 24.9. The van der Waals surface area contributed by atoms with Gasteiger partial charge in [-0.2, -0.15) is 10.2 Å². The van der Waals surface area contributed by atoms with Gasteiger partial charge in [0.05, 0.1) is 51.9 Å². The average molecular weight is 924 g/mol. The van der Waals surface area contributed by atoms with Crippen LogP contribution in [0, 0.1) is 25.6 Å². The van der Waals surface area contributed by atoms with Crippen LogP contribution in [0.15, 0.2) is 75.0 Å². The molecular weight excluding hydrogens is 868 g/mol. The molecule has 1 amide bonds. The van der Waals surface area contributed by atoms with Crippen molar-refractivity contribution in [2.75, 3.05) is 19.8 Å². The highest BCUT2D eigenvalue weighted by atomic mass is 19.1. The Morgan fingerprint density at radius 2 is 1.72 bits per heavy atom. The van der Waals surface area contributed by atoms with E-state index in [1.807, 2.05) is 17.6 Å². The smallest absolute Gasteiger partial charge is 0.438 e. The topological polar surface area (TPSA) is 165 Å². The van der Waals surface area contributed by atoms with Gasteiger partial charge in [0.2, 0.25) is 0 Å². The van der Waals surface area contributed by atoms with E-state index in [-0.39, 0.29) is 29.2 Å². The second-order valence-corrected chi connectivity index (χ2v) is 19.8. The largest absolute Gasteiger partial charge is 0.491 e. The molecule has 2 fully saturated rings. The number of nitrogens with zero attached hydrogens (tertiary/aromatic N) is 9. The van der Waals surface area contributed by atoms with Crippen molar-refractivity contribution in [3.63, 3.8) is 0 Å². The van der Waals surface area contributed by atoms with Crippen LogP contribution in [0.25, 0.3) is 39.0 Å². The molecule has 8 heterocycles. The first kappa shape index (κ1) is 39.0. The number of hydrogen-bond donors (Lipinski definition) is 1. The number of nitrogens with one attached hydrogen (secondary N) is 1. The predicted octanol–water partition coefficient (Wildman–Crippen LogP) is 7.63. The number of halogens is 1. The maximum Gasteiger partial charge on any atom is 0.438 e. The molecule has 4 atom stereocenters. The Labute approximate surface area is 394 Å². The van der Waals surface area contributed by atoms with Crippen LogP contribution in [0.1, 0.15) is 119 Å². The van der Waals surface area contributed by atoms with E-state index in [4.69, 9.17) is 23.2 Å². The number of benzene rings is 3. The average Bonchev–Trinajstić information content (AvgIpc) is 3.90. The van der Waals surface area contributed by atoms with Gasteiger partial charge in [-0.1, -0.05) is 18.1 Å². The van der Waals surface area contributed by atoms with E-state index < -0.39 is 30.0 Å². The lowest BCUT2D eigenvalue weighted by atomic mass is 9.83. The van der Waals surface area contributed by atoms with Gasteiger partial charge in [-0.25, -0.2) is 18.7 Å². The number of aryl methyl sites for hydroxylation is 4. The number of amides is 1. The Bertz CT molecular complexity index is 3620. The molecule has 12 rings (SSSR count). The van der Waals surface area contributed by atoms with Crippen LogP contribution in [-0.4, -0.2) is 79.6 Å². The molecule has 17 heteroatoms. The first-order chi connectivity index (χ1) is 33.8. The van der Waals surface area contributed by atoms with Crippen LogP contribution < -0.4 is 16.2 Å². The number of ether oxygens (including phenoxy) is 2. The van der Waals surface area contributed by atoms with Crippen molar-refractivity contribution >= 4 is 27.7 Å². The summed E-state index contributed by atoms with van der Waals surface area (Å²) >= 11 is 0. The summed E-state index contributed by atoms with van der Waals surface area (Å²) in [6.45, 7) is 10.3. The zero-order chi connectivity index (χ0) is 49.6. The van der Waals surface area contributed by atoms with Crippen LogP contribution >= 0.6 is 0 Å². The normalized spacial score (nSPS) is 23.0. The Kier molecular flexibility index (Phi) is 8.61. The number of carbonyl (C=O) groups excluding carboxylic acids is 1. The first-order valence-corrected chi connectivity index (χ1v) is 23.4. The number of aromatic nitrogens is 9. The van der Waals surface area contributed by atoms with Crippen LogP contribution in [0.2, 0.25) is 0 Å². The molecule has 8 aromatic rings. The summed E-state index contributed by atoms with van der Waals surface area (Å²) in [5.41, 5.74) is 4.76. The van der Waals surface area contributed by atoms with Crippen molar-refractivity contribution in [1.29, 1.82) is 0 Å². The Balaban J connectivity index is 1.00. The van der Waals surface area contributed by atoms with E-state index in [0.29, 0.717) is 119 Å². The van der Waals surface area contributed by atoms with Crippen LogP contribution in [0.4, 0.5) is 4.39 Å². The van der Waals surface area contributed by atoms with E-state index >= 15 is 14.0 Å². The van der Waals surface area contributed by atoms with Gasteiger partial charge in [-0.05, 0) is 138 Å². The minimum Gasteiger partial charge on any atom is -0.491 e. The van der Waals surface area contributed by atoms with Crippen LogP contribution in [0.5, 0.6) is 5.75 Å². The van der Waals surface area contributed by atoms with Gasteiger partial charge in [0, 0.05) is 59.5 Å². The van der Waals surface area contributed by atoms with E-state index in [2.05, 4.69) is 54.2 Å². The zero-order valence-electron chi connectivity index (χ0n) is 41.7. The number of hydrogen-bond acceptors (Lipinski definition) is 9. The molecular formula is C51H53FN10O6. The van der Waals surface area contributed by atoms with Crippen molar-refractivity contribution in [2.24, 2.45) is 12.9 Å².